The lowest BCUT2D eigenvalue weighted by molar-refractivity contribution is -0.161. The normalized spacial score (nSPS) is 12.3. The molecule has 5 nitrogen and oxygen atoms in total. The number of allylic oxidation sites excluding steroid dienone is 4. The van der Waals surface area contributed by atoms with E-state index in [1.165, 1.54) is 186 Å². The van der Waals surface area contributed by atoms with Crippen LogP contribution in [0.25, 0.3) is 0 Å². The van der Waals surface area contributed by atoms with Gasteiger partial charge in [-0.15, -0.1) is 0 Å². The minimum absolute atomic E-state index is 0.0817. The van der Waals surface area contributed by atoms with Crippen molar-refractivity contribution in [1.82, 2.24) is 0 Å². The fourth-order valence-electron chi connectivity index (χ4n) is 7.11. The molecule has 0 unspecified atom stereocenters. The molecular formula is C49H92O5. The fraction of sp³-hybridized carbons (Fsp3) is 0.878. The fourth-order valence-corrected chi connectivity index (χ4v) is 7.11. The zero-order valence-electron chi connectivity index (χ0n) is 36.3. The summed E-state index contributed by atoms with van der Waals surface area (Å²) in [5, 5.41) is 9.59. The molecule has 0 saturated carbocycles. The van der Waals surface area contributed by atoms with Gasteiger partial charge in [0.2, 0.25) is 0 Å². The summed E-state index contributed by atoms with van der Waals surface area (Å²) in [5.74, 6) is -0.627. The van der Waals surface area contributed by atoms with E-state index in [2.05, 4.69) is 38.2 Å². The summed E-state index contributed by atoms with van der Waals surface area (Å²) in [4.78, 5) is 24.4. The number of aliphatic hydroxyl groups excluding tert-OH is 1. The first-order valence-electron chi connectivity index (χ1n) is 23.9. The zero-order chi connectivity index (χ0) is 39.3. The smallest absolute Gasteiger partial charge is 0.306 e. The average molecular weight is 761 g/mol. The summed E-state index contributed by atoms with van der Waals surface area (Å²) in [6.45, 7) is 4.14. The number of hydrogen-bond donors (Lipinski definition) is 1. The lowest BCUT2D eigenvalue weighted by atomic mass is 10.0. The van der Waals surface area contributed by atoms with Crippen molar-refractivity contribution in [2.45, 2.75) is 264 Å². The topological polar surface area (TPSA) is 72.8 Å². The highest BCUT2D eigenvalue weighted by Gasteiger charge is 2.16. The van der Waals surface area contributed by atoms with Gasteiger partial charge in [0, 0.05) is 12.8 Å². The molecule has 1 atom stereocenters. The van der Waals surface area contributed by atoms with Crippen LogP contribution in [-0.4, -0.2) is 36.4 Å². The van der Waals surface area contributed by atoms with Crippen molar-refractivity contribution in [3.63, 3.8) is 0 Å². The molecule has 0 aliphatic rings. The standard InChI is InChI=1S/C49H92O5/c1-3-5-7-9-11-13-15-17-19-21-22-23-24-25-26-28-29-31-33-35-37-39-41-43-48(51)53-46-47(45-50)54-49(52)44-42-40-38-36-34-32-30-27-20-18-16-14-12-10-8-6-4-2/h28-29,35,37,47,50H,3-27,30-34,36,38-46H2,1-2H3/b29-28+,37-35+/t47-/m0/s1. The Bertz CT molecular complexity index is 821. The highest BCUT2D eigenvalue weighted by Crippen LogP contribution is 2.16. The maximum atomic E-state index is 12.2. The summed E-state index contributed by atoms with van der Waals surface area (Å²) in [6.07, 6.45) is 55.6. The van der Waals surface area contributed by atoms with E-state index in [0.717, 1.165) is 44.9 Å². The molecule has 0 bridgehead atoms. The summed E-state index contributed by atoms with van der Waals surface area (Å²) < 4.78 is 10.6. The molecule has 0 aliphatic heterocycles. The van der Waals surface area contributed by atoms with Crippen LogP contribution in [0, 0.1) is 0 Å². The quantitative estimate of drug-likeness (QED) is 0.0380. The van der Waals surface area contributed by atoms with E-state index in [0.29, 0.717) is 12.8 Å². The molecule has 0 rings (SSSR count). The number of ether oxygens (including phenoxy) is 2. The number of esters is 2. The van der Waals surface area contributed by atoms with E-state index in [-0.39, 0.29) is 25.2 Å². The molecule has 0 aromatic carbocycles. The van der Waals surface area contributed by atoms with Crippen molar-refractivity contribution in [3.8, 4) is 0 Å². The molecule has 0 amide bonds. The second kappa shape index (κ2) is 45.8. The maximum absolute atomic E-state index is 12.2. The van der Waals surface area contributed by atoms with Crippen LogP contribution in [0.15, 0.2) is 24.3 Å². The monoisotopic (exact) mass is 761 g/mol. The lowest BCUT2D eigenvalue weighted by Gasteiger charge is -2.15. The van der Waals surface area contributed by atoms with E-state index in [1.54, 1.807) is 0 Å². The second-order valence-corrected chi connectivity index (χ2v) is 16.2. The van der Waals surface area contributed by atoms with Gasteiger partial charge in [-0.3, -0.25) is 9.59 Å². The summed E-state index contributed by atoms with van der Waals surface area (Å²) >= 11 is 0. The van der Waals surface area contributed by atoms with Gasteiger partial charge in [-0.2, -0.15) is 0 Å². The maximum Gasteiger partial charge on any atom is 0.306 e. The first-order valence-corrected chi connectivity index (χ1v) is 23.9. The third-order valence-corrected chi connectivity index (χ3v) is 10.7. The molecule has 0 aromatic rings. The predicted molar refractivity (Wildman–Crippen MR) is 233 cm³/mol. The first-order chi connectivity index (χ1) is 26.6. The average Bonchev–Trinajstić information content (AvgIpc) is 3.17. The molecule has 0 spiro atoms. The lowest BCUT2D eigenvalue weighted by Crippen LogP contribution is -2.28. The Hall–Kier alpha value is -1.62. The number of hydrogen-bond acceptors (Lipinski definition) is 5. The Labute approximate surface area is 336 Å². The van der Waals surface area contributed by atoms with Crippen LogP contribution in [0.4, 0.5) is 0 Å². The second-order valence-electron chi connectivity index (χ2n) is 16.2. The Kier molecular flexibility index (Phi) is 44.4. The SMILES string of the molecule is CCCCCCCCCCCCCCCC/C=C/CC/C=C/CCCC(=O)OC[C@H](CO)OC(=O)CCCCCCCCCCCCCCCCCCC. The molecular weight excluding hydrogens is 669 g/mol. The predicted octanol–water partition coefficient (Wildman–Crippen LogP) is 15.4. The van der Waals surface area contributed by atoms with Crippen molar-refractivity contribution in [3.05, 3.63) is 24.3 Å². The highest BCUT2D eigenvalue weighted by molar-refractivity contribution is 5.70. The summed E-state index contributed by atoms with van der Waals surface area (Å²) in [7, 11) is 0. The van der Waals surface area contributed by atoms with Crippen LogP contribution < -0.4 is 0 Å². The Balaban J connectivity index is 3.52. The van der Waals surface area contributed by atoms with Gasteiger partial charge >= 0.3 is 11.9 Å². The van der Waals surface area contributed by atoms with Gasteiger partial charge < -0.3 is 14.6 Å². The molecule has 0 radical (unpaired) electrons. The van der Waals surface area contributed by atoms with Crippen LogP contribution >= 0.6 is 0 Å². The first kappa shape index (κ1) is 52.4. The molecule has 0 aromatic heterocycles. The van der Waals surface area contributed by atoms with E-state index in [1.807, 2.05) is 0 Å². The molecule has 0 saturated heterocycles. The van der Waals surface area contributed by atoms with E-state index < -0.39 is 6.10 Å². The number of carbonyl (C=O) groups excluding carboxylic acids is 2. The van der Waals surface area contributed by atoms with Crippen molar-refractivity contribution in [1.29, 1.82) is 0 Å². The van der Waals surface area contributed by atoms with Gasteiger partial charge in [-0.1, -0.05) is 224 Å². The van der Waals surface area contributed by atoms with Gasteiger partial charge in [0.05, 0.1) is 6.61 Å². The number of unbranched alkanes of at least 4 members (excludes halogenated alkanes) is 32. The van der Waals surface area contributed by atoms with Crippen molar-refractivity contribution in [2.24, 2.45) is 0 Å². The van der Waals surface area contributed by atoms with Crippen LogP contribution in [0.1, 0.15) is 258 Å². The molecule has 0 fully saturated rings. The Morgan fingerprint density at radius 2 is 0.722 bits per heavy atom. The molecule has 54 heavy (non-hydrogen) atoms. The number of aliphatic hydroxyl groups is 1. The van der Waals surface area contributed by atoms with Crippen molar-refractivity contribution < 1.29 is 24.2 Å². The van der Waals surface area contributed by atoms with Gasteiger partial charge in [-0.25, -0.2) is 0 Å². The largest absolute Gasteiger partial charge is 0.462 e. The third kappa shape index (κ3) is 43.1. The minimum atomic E-state index is -0.783. The van der Waals surface area contributed by atoms with Crippen molar-refractivity contribution >= 4 is 11.9 Å². The van der Waals surface area contributed by atoms with E-state index in [9.17, 15) is 14.7 Å². The van der Waals surface area contributed by atoms with E-state index in [4.69, 9.17) is 9.47 Å². The van der Waals surface area contributed by atoms with Crippen LogP contribution in [0.2, 0.25) is 0 Å². The van der Waals surface area contributed by atoms with Gasteiger partial charge in [0.15, 0.2) is 6.10 Å². The van der Waals surface area contributed by atoms with Gasteiger partial charge in [-0.05, 0) is 44.9 Å². The molecule has 0 aliphatic carbocycles. The van der Waals surface area contributed by atoms with Gasteiger partial charge in [0.1, 0.15) is 6.61 Å². The van der Waals surface area contributed by atoms with Crippen LogP contribution in [0.5, 0.6) is 0 Å². The zero-order valence-corrected chi connectivity index (χ0v) is 36.3. The Morgan fingerprint density at radius 3 is 1.11 bits per heavy atom. The molecule has 0 heterocycles. The minimum Gasteiger partial charge on any atom is -0.462 e. The van der Waals surface area contributed by atoms with Crippen LogP contribution in [0.3, 0.4) is 0 Å². The Morgan fingerprint density at radius 1 is 0.407 bits per heavy atom. The van der Waals surface area contributed by atoms with Crippen LogP contribution in [-0.2, 0) is 19.1 Å². The number of carbonyl (C=O) groups is 2. The molecule has 1 N–H and O–H groups in total. The highest BCUT2D eigenvalue weighted by atomic mass is 16.6. The van der Waals surface area contributed by atoms with E-state index >= 15 is 0 Å². The molecule has 5 heteroatoms. The summed E-state index contributed by atoms with van der Waals surface area (Å²) in [6, 6.07) is 0. The molecule has 318 valence electrons. The number of rotatable bonds is 44. The third-order valence-electron chi connectivity index (χ3n) is 10.7. The van der Waals surface area contributed by atoms with Crippen molar-refractivity contribution in [2.75, 3.05) is 13.2 Å². The summed E-state index contributed by atoms with van der Waals surface area (Å²) in [5.41, 5.74) is 0. The van der Waals surface area contributed by atoms with Gasteiger partial charge in [0.25, 0.3) is 0 Å².